The van der Waals surface area contributed by atoms with Crippen LogP contribution in [0.25, 0.3) is 0 Å². The number of ether oxygens (including phenoxy) is 1. The van der Waals surface area contributed by atoms with Gasteiger partial charge in [0.2, 0.25) is 0 Å². The molecule has 0 N–H and O–H groups in total. The number of nitrogens with zero attached hydrogens (tertiary/aromatic N) is 1. The Labute approximate surface area is 105 Å². The standard InChI is InChI=1S/C13H15NO4/c1-18-13(15)11-8-10(9-4-2-3-5-9)6-7-12(11)14(16)17/h6-9H,2-5H2,1H3. The molecule has 0 heterocycles. The van der Waals surface area contributed by atoms with E-state index in [0.29, 0.717) is 5.92 Å². The monoisotopic (exact) mass is 249 g/mol. The van der Waals surface area contributed by atoms with E-state index < -0.39 is 10.9 Å². The Balaban J connectivity index is 2.41. The van der Waals surface area contributed by atoms with Gasteiger partial charge in [0.25, 0.3) is 5.69 Å². The Bertz CT molecular complexity index is 478. The predicted octanol–water partition coefficient (Wildman–Crippen LogP) is 3.04. The molecule has 2 rings (SSSR count). The van der Waals surface area contributed by atoms with Crippen LogP contribution < -0.4 is 0 Å². The molecule has 0 unspecified atom stereocenters. The third kappa shape index (κ3) is 2.34. The molecule has 0 amide bonds. The molecular weight excluding hydrogens is 234 g/mol. The van der Waals surface area contributed by atoms with E-state index in [9.17, 15) is 14.9 Å². The van der Waals surface area contributed by atoms with Crippen molar-refractivity contribution in [2.24, 2.45) is 0 Å². The second kappa shape index (κ2) is 5.16. The Morgan fingerprint density at radius 1 is 1.39 bits per heavy atom. The van der Waals surface area contributed by atoms with Gasteiger partial charge >= 0.3 is 5.97 Å². The Morgan fingerprint density at radius 2 is 2.06 bits per heavy atom. The Hall–Kier alpha value is -1.91. The minimum Gasteiger partial charge on any atom is -0.465 e. The minimum atomic E-state index is -0.651. The van der Waals surface area contributed by atoms with Crippen LogP contribution in [0.15, 0.2) is 18.2 Å². The fourth-order valence-corrected chi connectivity index (χ4v) is 2.50. The minimum absolute atomic E-state index is 0.0481. The number of methoxy groups -OCH3 is 1. The van der Waals surface area contributed by atoms with Crippen LogP contribution in [0.2, 0.25) is 0 Å². The van der Waals surface area contributed by atoms with E-state index in [0.717, 1.165) is 18.4 Å². The van der Waals surface area contributed by atoms with E-state index >= 15 is 0 Å². The number of rotatable bonds is 3. The summed E-state index contributed by atoms with van der Waals surface area (Å²) < 4.78 is 4.60. The normalized spacial score (nSPS) is 15.6. The zero-order chi connectivity index (χ0) is 13.1. The molecule has 1 fully saturated rings. The average Bonchev–Trinajstić information content (AvgIpc) is 2.90. The second-order valence-electron chi connectivity index (χ2n) is 4.51. The maximum atomic E-state index is 11.6. The maximum Gasteiger partial charge on any atom is 0.344 e. The SMILES string of the molecule is COC(=O)c1cc(C2CCCC2)ccc1[N+](=O)[O-]. The lowest BCUT2D eigenvalue weighted by Crippen LogP contribution is -2.07. The van der Waals surface area contributed by atoms with Gasteiger partial charge in [-0.3, -0.25) is 10.1 Å². The molecule has 1 aliphatic rings. The van der Waals surface area contributed by atoms with Crippen molar-refractivity contribution in [3.63, 3.8) is 0 Å². The molecule has 0 spiro atoms. The molecule has 5 heteroatoms. The number of esters is 1. The summed E-state index contributed by atoms with van der Waals surface area (Å²) in [4.78, 5) is 21.9. The smallest absolute Gasteiger partial charge is 0.344 e. The average molecular weight is 249 g/mol. The van der Waals surface area contributed by atoms with E-state index in [1.807, 2.05) is 0 Å². The fraction of sp³-hybridized carbons (Fsp3) is 0.462. The van der Waals surface area contributed by atoms with Crippen molar-refractivity contribution in [2.75, 3.05) is 7.11 Å². The summed E-state index contributed by atoms with van der Waals surface area (Å²) in [6.07, 6.45) is 4.52. The van der Waals surface area contributed by atoms with E-state index in [-0.39, 0.29) is 11.3 Å². The number of hydrogen-bond acceptors (Lipinski definition) is 4. The van der Waals surface area contributed by atoms with Crippen molar-refractivity contribution >= 4 is 11.7 Å². The summed E-state index contributed by atoms with van der Waals surface area (Å²) in [6.45, 7) is 0. The summed E-state index contributed by atoms with van der Waals surface area (Å²) in [5.41, 5.74) is 0.856. The van der Waals surface area contributed by atoms with E-state index in [4.69, 9.17) is 0 Å². The van der Waals surface area contributed by atoms with Crippen LogP contribution in [-0.4, -0.2) is 18.0 Å². The van der Waals surface area contributed by atoms with E-state index in [1.165, 1.54) is 26.0 Å². The lowest BCUT2D eigenvalue weighted by atomic mass is 9.95. The summed E-state index contributed by atoms with van der Waals surface area (Å²) in [5, 5.41) is 10.9. The molecule has 0 radical (unpaired) electrons. The molecule has 5 nitrogen and oxygen atoms in total. The molecule has 96 valence electrons. The topological polar surface area (TPSA) is 69.4 Å². The van der Waals surface area contributed by atoms with Crippen molar-refractivity contribution < 1.29 is 14.5 Å². The molecule has 0 atom stereocenters. The lowest BCUT2D eigenvalue weighted by molar-refractivity contribution is -0.385. The fourth-order valence-electron chi connectivity index (χ4n) is 2.50. The quantitative estimate of drug-likeness (QED) is 0.469. The molecular formula is C13H15NO4. The molecule has 1 aromatic carbocycles. The number of hydrogen-bond donors (Lipinski definition) is 0. The van der Waals surface area contributed by atoms with Crippen LogP contribution in [0.3, 0.4) is 0 Å². The van der Waals surface area contributed by atoms with Crippen LogP contribution >= 0.6 is 0 Å². The van der Waals surface area contributed by atoms with Crippen molar-refractivity contribution in [2.45, 2.75) is 31.6 Å². The van der Waals surface area contributed by atoms with Gasteiger partial charge in [-0.15, -0.1) is 0 Å². The maximum absolute atomic E-state index is 11.6. The second-order valence-corrected chi connectivity index (χ2v) is 4.51. The lowest BCUT2D eigenvalue weighted by Gasteiger charge is -2.10. The molecule has 1 aliphatic carbocycles. The van der Waals surface area contributed by atoms with Crippen LogP contribution in [0, 0.1) is 10.1 Å². The number of nitro benzene ring substituents is 1. The number of benzene rings is 1. The number of carbonyl (C=O) groups excluding carboxylic acids is 1. The largest absolute Gasteiger partial charge is 0.465 e. The first-order valence-electron chi connectivity index (χ1n) is 6.00. The third-order valence-electron chi connectivity index (χ3n) is 3.45. The molecule has 0 saturated heterocycles. The summed E-state index contributed by atoms with van der Waals surface area (Å²) in [6, 6.07) is 4.76. The molecule has 18 heavy (non-hydrogen) atoms. The van der Waals surface area contributed by atoms with Gasteiger partial charge in [-0.25, -0.2) is 4.79 Å². The number of carbonyl (C=O) groups is 1. The highest BCUT2D eigenvalue weighted by Crippen LogP contribution is 2.35. The van der Waals surface area contributed by atoms with Gasteiger partial charge in [0, 0.05) is 6.07 Å². The first kappa shape index (κ1) is 12.5. The van der Waals surface area contributed by atoms with Gasteiger partial charge in [0.1, 0.15) is 5.56 Å². The molecule has 1 saturated carbocycles. The Kier molecular flexibility index (Phi) is 3.60. The van der Waals surface area contributed by atoms with Gasteiger partial charge < -0.3 is 4.74 Å². The summed E-state index contributed by atoms with van der Waals surface area (Å²) in [7, 11) is 1.23. The predicted molar refractivity (Wildman–Crippen MR) is 65.6 cm³/mol. The zero-order valence-corrected chi connectivity index (χ0v) is 10.2. The van der Waals surface area contributed by atoms with Crippen LogP contribution in [0.1, 0.15) is 47.5 Å². The van der Waals surface area contributed by atoms with Crippen LogP contribution in [-0.2, 0) is 4.74 Å². The molecule has 0 aliphatic heterocycles. The van der Waals surface area contributed by atoms with Gasteiger partial charge in [-0.05, 0) is 30.4 Å². The highest BCUT2D eigenvalue weighted by Gasteiger charge is 2.24. The van der Waals surface area contributed by atoms with Crippen LogP contribution in [0.4, 0.5) is 5.69 Å². The third-order valence-corrected chi connectivity index (χ3v) is 3.45. The Morgan fingerprint density at radius 3 is 2.61 bits per heavy atom. The van der Waals surface area contributed by atoms with Crippen molar-refractivity contribution in [1.82, 2.24) is 0 Å². The highest BCUT2D eigenvalue weighted by molar-refractivity contribution is 5.94. The van der Waals surface area contributed by atoms with Gasteiger partial charge in [-0.1, -0.05) is 18.9 Å². The first-order chi connectivity index (χ1) is 8.63. The molecule has 0 bridgehead atoms. The number of nitro groups is 1. The highest BCUT2D eigenvalue weighted by atomic mass is 16.6. The van der Waals surface area contributed by atoms with E-state index in [1.54, 1.807) is 12.1 Å². The molecule has 1 aromatic rings. The van der Waals surface area contributed by atoms with Crippen molar-refractivity contribution in [3.8, 4) is 0 Å². The molecule has 0 aromatic heterocycles. The summed E-state index contributed by atoms with van der Waals surface area (Å²) in [5.74, 6) is -0.240. The van der Waals surface area contributed by atoms with Crippen molar-refractivity contribution in [1.29, 1.82) is 0 Å². The van der Waals surface area contributed by atoms with Gasteiger partial charge in [0.15, 0.2) is 0 Å². The van der Waals surface area contributed by atoms with Gasteiger partial charge in [-0.2, -0.15) is 0 Å². The van der Waals surface area contributed by atoms with Gasteiger partial charge in [0.05, 0.1) is 12.0 Å². The zero-order valence-electron chi connectivity index (χ0n) is 10.2. The summed E-state index contributed by atoms with van der Waals surface area (Å²) >= 11 is 0. The van der Waals surface area contributed by atoms with E-state index in [2.05, 4.69) is 4.74 Å². The van der Waals surface area contributed by atoms with Crippen LogP contribution in [0.5, 0.6) is 0 Å². The first-order valence-corrected chi connectivity index (χ1v) is 6.00. The van der Waals surface area contributed by atoms with Crippen molar-refractivity contribution in [3.05, 3.63) is 39.4 Å².